The number of amides is 1. The zero-order chi connectivity index (χ0) is 20.0. The number of rotatable bonds is 3. The summed E-state index contributed by atoms with van der Waals surface area (Å²) in [5.41, 5.74) is 1.96. The fourth-order valence-corrected chi connectivity index (χ4v) is 5.13. The molecule has 0 bridgehead atoms. The lowest BCUT2D eigenvalue weighted by Gasteiger charge is -2.35. The van der Waals surface area contributed by atoms with Gasteiger partial charge in [0.15, 0.2) is 0 Å². The van der Waals surface area contributed by atoms with Crippen LogP contribution in [0.2, 0.25) is 0 Å². The number of imidazole rings is 1. The summed E-state index contributed by atoms with van der Waals surface area (Å²) in [5.74, 6) is 0.424. The topological polar surface area (TPSA) is 80.4 Å². The number of pyridine rings is 1. The Morgan fingerprint density at radius 2 is 2.00 bits per heavy atom. The van der Waals surface area contributed by atoms with Crippen molar-refractivity contribution >= 4 is 5.91 Å². The van der Waals surface area contributed by atoms with Gasteiger partial charge in [0.05, 0.1) is 18.5 Å². The lowest BCUT2D eigenvalue weighted by molar-refractivity contribution is 0.0357. The second kappa shape index (κ2) is 7.20. The lowest BCUT2D eigenvalue weighted by atomic mass is 9.77. The molecular weight excluding hydrogens is 356 g/mol. The summed E-state index contributed by atoms with van der Waals surface area (Å²) in [7, 11) is 1.74. The summed E-state index contributed by atoms with van der Waals surface area (Å²) < 4.78 is 3.57. The summed E-state index contributed by atoms with van der Waals surface area (Å²) in [4.78, 5) is 31.8. The maximum absolute atomic E-state index is 13.1. The Kier molecular flexibility index (Phi) is 4.87. The Bertz CT molecular complexity index is 934. The molecule has 7 heteroatoms. The van der Waals surface area contributed by atoms with Crippen molar-refractivity contribution in [1.29, 1.82) is 0 Å². The average molecular weight is 384 g/mol. The Labute approximate surface area is 164 Å². The standard InChI is InChI=1S/C21H28N4O3/c1-4-17-13(2)7-16(20(27)23(17)3)21(28)25-10-14-8-18(24-6-5-22-12-24)19(26)9-15(14)11-25/h5-7,12,14-15,18-19,26H,4,8-11H2,1-3H3/t14-,15+,18-,19-/m1/s1. The molecule has 2 aromatic heterocycles. The molecule has 1 amide bonds. The van der Waals surface area contributed by atoms with E-state index in [9.17, 15) is 14.7 Å². The van der Waals surface area contributed by atoms with E-state index >= 15 is 0 Å². The molecule has 1 aliphatic carbocycles. The van der Waals surface area contributed by atoms with Crippen molar-refractivity contribution in [3.63, 3.8) is 0 Å². The van der Waals surface area contributed by atoms with Gasteiger partial charge >= 0.3 is 0 Å². The fraction of sp³-hybridized carbons (Fsp3) is 0.571. The van der Waals surface area contributed by atoms with Gasteiger partial charge in [0, 0.05) is 38.2 Å². The number of aliphatic hydroxyl groups is 1. The molecule has 2 aliphatic rings. The Balaban J connectivity index is 1.55. The fourth-order valence-electron chi connectivity index (χ4n) is 5.13. The number of hydrogen-bond acceptors (Lipinski definition) is 4. The number of aliphatic hydroxyl groups excluding tert-OH is 1. The molecule has 4 rings (SSSR count). The summed E-state index contributed by atoms with van der Waals surface area (Å²) >= 11 is 0. The van der Waals surface area contributed by atoms with Crippen LogP contribution < -0.4 is 5.56 Å². The predicted octanol–water partition coefficient (Wildman–Crippen LogP) is 1.54. The van der Waals surface area contributed by atoms with E-state index in [-0.39, 0.29) is 29.0 Å². The first-order chi connectivity index (χ1) is 13.4. The van der Waals surface area contributed by atoms with Gasteiger partial charge in [-0.05, 0) is 49.7 Å². The number of fused-ring (bicyclic) bond motifs is 1. The second-order valence-corrected chi connectivity index (χ2v) is 8.25. The molecular formula is C21H28N4O3. The molecule has 1 N–H and O–H groups in total. The Hall–Kier alpha value is -2.41. The highest BCUT2D eigenvalue weighted by Crippen LogP contribution is 2.41. The van der Waals surface area contributed by atoms with Crippen LogP contribution in [-0.2, 0) is 13.5 Å². The van der Waals surface area contributed by atoms with Crippen molar-refractivity contribution in [2.24, 2.45) is 18.9 Å². The maximum atomic E-state index is 13.1. The second-order valence-electron chi connectivity index (χ2n) is 8.25. The van der Waals surface area contributed by atoms with Crippen molar-refractivity contribution in [2.75, 3.05) is 13.1 Å². The van der Waals surface area contributed by atoms with E-state index in [1.165, 1.54) is 0 Å². The molecule has 1 saturated carbocycles. The molecule has 7 nitrogen and oxygen atoms in total. The van der Waals surface area contributed by atoms with Gasteiger partial charge in [-0.25, -0.2) is 4.98 Å². The van der Waals surface area contributed by atoms with Crippen molar-refractivity contribution in [3.8, 4) is 0 Å². The summed E-state index contributed by atoms with van der Waals surface area (Å²) in [6.07, 6.45) is 7.15. The van der Waals surface area contributed by atoms with Crippen LogP contribution in [0, 0.1) is 18.8 Å². The molecule has 28 heavy (non-hydrogen) atoms. The first-order valence-electron chi connectivity index (χ1n) is 10.0. The zero-order valence-electron chi connectivity index (χ0n) is 16.7. The van der Waals surface area contributed by atoms with Gasteiger partial charge in [-0.15, -0.1) is 0 Å². The number of hydrogen-bond donors (Lipinski definition) is 1. The molecule has 2 fully saturated rings. The maximum Gasteiger partial charge on any atom is 0.263 e. The molecule has 1 aliphatic heterocycles. The average Bonchev–Trinajstić information content (AvgIpc) is 3.33. The van der Waals surface area contributed by atoms with Crippen molar-refractivity contribution < 1.29 is 9.90 Å². The molecule has 0 unspecified atom stereocenters. The molecule has 2 aromatic rings. The number of aromatic nitrogens is 3. The van der Waals surface area contributed by atoms with Gasteiger partial charge in [-0.3, -0.25) is 9.59 Å². The zero-order valence-corrected chi connectivity index (χ0v) is 16.7. The highest BCUT2D eigenvalue weighted by Gasteiger charge is 2.43. The number of carbonyl (C=O) groups excluding carboxylic acids is 1. The number of nitrogens with zero attached hydrogens (tertiary/aromatic N) is 4. The largest absolute Gasteiger partial charge is 0.391 e. The normalized spacial score (nSPS) is 27.1. The highest BCUT2D eigenvalue weighted by atomic mass is 16.3. The highest BCUT2D eigenvalue weighted by molar-refractivity contribution is 5.94. The van der Waals surface area contributed by atoms with Crippen LogP contribution >= 0.6 is 0 Å². The van der Waals surface area contributed by atoms with Crippen LogP contribution in [-0.4, -0.2) is 49.2 Å². The van der Waals surface area contributed by atoms with Crippen molar-refractivity contribution in [1.82, 2.24) is 19.0 Å². The monoisotopic (exact) mass is 384 g/mol. The van der Waals surface area contributed by atoms with Gasteiger partial charge in [-0.1, -0.05) is 6.92 Å². The van der Waals surface area contributed by atoms with Gasteiger partial charge < -0.3 is 19.1 Å². The van der Waals surface area contributed by atoms with E-state index in [1.54, 1.807) is 35.1 Å². The molecule has 0 radical (unpaired) electrons. The molecule has 4 atom stereocenters. The third-order valence-electron chi connectivity index (χ3n) is 6.63. The first kappa shape index (κ1) is 18.9. The smallest absolute Gasteiger partial charge is 0.263 e. The van der Waals surface area contributed by atoms with Crippen LogP contribution in [0.3, 0.4) is 0 Å². The molecule has 0 spiro atoms. The molecule has 0 aromatic carbocycles. The number of carbonyl (C=O) groups is 1. The summed E-state index contributed by atoms with van der Waals surface area (Å²) in [6.45, 7) is 5.20. The van der Waals surface area contributed by atoms with Gasteiger partial charge in [0.2, 0.25) is 0 Å². The first-order valence-corrected chi connectivity index (χ1v) is 10.0. The third-order valence-corrected chi connectivity index (χ3v) is 6.63. The van der Waals surface area contributed by atoms with Crippen LogP contribution in [0.4, 0.5) is 0 Å². The minimum Gasteiger partial charge on any atom is -0.391 e. The Morgan fingerprint density at radius 1 is 1.29 bits per heavy atom. The SMILES string of the molecule is CCc1c(C)cc(C(=O)N2C[C@H]3C[C@@H](n4ccnc4)[C@H](O)C[C@H]3C2)c(=O)n1C. The van der Waals surface area contributed by atoms with E-state index < -0.39 is 6.10 Å². The lowest BCUT2D eigenvalue weighted by Crippen LogP contribution is -2.36. The molecule has 1 saturated heterocycles. The van der Waals surface area contributed by atoms with E-state index in [1.807, 2.05) is 24.6 Å². The number of aryl methyl sites for hydroxylation is 1. The van der Waals surface area contributed by atoms with Crippen LogP contribution in [0.5, 0.6) is 0 Å². The minimum absolute atomic E-state index is 0.00208. The van der Waals surface area contributed by atoms with Crippen molar-refractivity contribution in [2.45, 2.75) is 45.3 Å². The quantitative estimate of drug-likeness (QED) is 0.870. The summed E-state index contributed by atoms with van der Waals surface area (Å²) in [6, 6.07) is 1.74. The van der Waals surface area contributed by atoms with Crippen LogP contribution in [0.25, 0.3) is 0 Å². The van der Waals surface area contributed by atoms with Gasteiger partial charge in [0.1, 0.15) is 5.56 Å². The Morgan fingerprint density at radius 3 is 2.64 bits per heavy atom. The third kappa shape index (κ3) is 3.07. The summed E-state index contributed by atoms with van der Waals surface area (Å²) in [5, 5.41) is 10.6. The van der Waals surface area contributed by atoms with E-state index in [0.29, 0.717) is 25.4 Å². The van der Waals surface area contributed by atoms with Gasteiger partial charge in [-0.2, -0.15) is 0 Å². The van der Waals surface area contributed by atoms with E-state index in [2.05, 4.69) is 4.98 Å². The molecule has 3 heterocycles. The number of likely N-dealkylation sites (tertiary alicyclic amines) is 1. The van der Waals surface area contributed by atoms with Crippen molar-refractivity contribution in [3.05, 3.63) is 52.0 Å². The van der Waals surface area contributed by atoms with Gasteiger partial charge in [0.25, 0.3) is 11.5 Å². The molecule has 150 valence electrons. The van der Waals surface area contributed by atoms with E-state index in [4.69, 9.17) is 0 Å². The van der Waals surface area contributed by atoms with E-state index in [0.717, 1.165) is 24.1 Å². The van der Waals surface area contributed by atoms with Crippen LogP contribution in [0.15, 0.2) is 29.6 Å². The minimum atomic E-state index is -0.440. The van der Waals surface area contributed by atoms with Crippen LogP contribution in [0.1, 0.15) is 47.4 Å². The predicted molar refractivity (Wildman–Crippen MR) is 105 cm³/mol.